The van der Waals surface area contributed by atoms with Gasteiger partial charge in [0.1, 0.15) is 8.42 Å². The lowest BCUT2D eigenvalue weighted by Crippen LogP contribution is -2.01. The average molecular weight is 762 g/mol. The summed E-state index contributed by atoms with van der Waals surface area (Å²) >= 11 is 32.5. The van der Waals surface area contributed by atoms with Crippen LogP contribution in [0.1, 0.15) is 34.5 Å². The summed E-state index contributed by atoms with van der Waals surface area (Å²) < 4.78 is 1.17. The van der Waals surface area contributed by atoms with Crippen LogP contribution in [0.15, 0.2) is 66.7 Å². The van der Waals surface area contributed by atoms with Crippen molar-refractivity contribution in [3.63, 3.8) is 0 Å². The zero-order valence-electron chi connectivity index (χ0n) is 20.4. The van der Waals surface area contributed by atoms with Crippen LogP contribution in [0.5, 0.6) is 0 Å². The predicted molar refractivity (Wildman–Crippen MR) is 173 cm³/mol. The minimum atomic E-state index is -0.408. The summed E-state index contributed by atoms with van der Waals surface area (Å²) in [6, 6.07) is 13.0. The standard InChI is InChI=1S/C12H8BrCl2NO2S2.C12H10Cl2N2O2S2/c1-6(13)11-5-9(16(17)18)12(20-11)19-10-3-2-7(14)4-8(10)15;1-6(15)11-5-9(16(17)18)12(20-11)19-10-3-2-7(13)4-8(10)14/h2-6H,1H3;2-6H,15H2,1H3. The van der Waals surface area contributed by atoms with Crippen molar-refractivity contribution in [3.8, 4) is 0 Å². The molecule has 0 saturated carbocycles. The Morgan fingerprint density at radius 3 is 1.52 bits per heavy atom. The normalized spacial score (nSPS) is 12.4. The Balaban J connectivity index is 0.000000220. The highest BCUT2D eigenvalue weighted by Gasteiger charge is 2.23. The van der Waals surface area contributed by atoms with Gasteiger partial charge in [-0.1, -0.05) is 85.9 Å². The summed E-state index contributed by atoms with van der Waals surface area (Å²) in [5.41, 5.74) is 5.93. The Hall–Kier alpha value is -1.06. The molecule has 2 heterocycles. The van der Waals surface area contributed by atoms with E-state index in [1.807, 2.05) is 6.92 Å². The Kier molecular flexibility index (Phi) is 12.5. The van der Waals surface area contributed by atoms with E-state index >= 15 is 0 Å². The third-order valence-electron chi connectivity index (χ3n) is 4.82. The first-order chi connectivity index (χ1) is 18.8. The summed E-state index contributed by atoms with van der Waals surface area (Å²) in [4.78, 5) is 24.6. The van der Waals surface area contributed by atoms with Crippen LogP contribution in [-0.4, -0.2) is 9.85 Å². The zero-order chi connectivity index (χ0) is 29.7. The molecule has 2 unspecified atom stereocenters. The van der Waals surface area contributed by atoms with E-state index in [-0.39, 0.29) is 27.2 Å². The number of halogens is 5. The van der Waals surface area contributed by atoms with Crippen LogP contribution in [0.2, 0.25) is 20.1 Å². The molecule has 7 nitrogen and oxygen atoms in total. The van der Waals surface area contributed by atoms with E-state index in [1.54, 1.807) is 49.4 Å². The molecule has 2 aromatic carbocycles. The van der Waals surface area contributed by atoms with E-state index in [2.05, 4.69) is 15.9 Å². The Labute approximate surface area is 274 Å². The number of thiophene rings is 2. The van der Waals surface area contributed by atoms with Crippen molar-refractivity contribution in [2.24, 2.45) is 5.73 Å². The van der Waals surface area contributed by atoms with Gasteiger partial charge >= 0.3 is 0 Å². The van der Waals surface area contributed by atoms with E-state index in [1.165, 1.54) is 52.3 Å². The molecule has 0 aliphatic rings. The summed E-state index contributed by atoms with van der Waals surface area (Å²) in [5.74, 6) is 0. The molecule has 0 aliphatic heterocycles. The molecular formula is C24H18BrCl4N3O4S4. The van der Waals surface area contributed by atoms with E-state index in [0.717, 1.165) is 19.5 Å². The molecule has 0 bridgehead atoms. The quantitative estimate of drug-likeness (QED) is 0.108. The molecule has 2 aromatic heterocycles. The fourth-order valence-electron chi connectivity index (χ4n) is 2.90. The van der Waals surface area contributed by atoms with Gasteiger partial charge in [-0.05, 0) is 50.2 Å². The Bertz CT molecular complexity index is 1430. The number of rotatable bonds is 8. The first kappa shape index (κ1) is 33.4. The topological polar surface area (TPSA) is 112 Å². The van der Waals surface area contributed by atoms with Gasteiger partial charge in [-0.3, -0.25) is 20.2 Å². The zero-order valence-corrected chi connectivity index (χ0v) is 28.3. The second-order valence-electron chi connectivity index (χ2n) is 7.92. The molecule has 0 saturated heterocycles. The highest BCUT2D eigenvalue weighted by atomic mass is 79.9. The SMILES string of the molecule is CC(Br)c1cc([N+](=O)[O-])c(Sc2ccc(Cl)cc2Cl)s1.CC(N)c1cc([N+](=O)[O-])c(Sc2ccc(Cl)cc2Cl)s1. The first-order valence-corrected chi connectivity index (χ1v) is 16.7. The lowest BCUT2D eigenvalue weighted by Gasteiger charge is -2.02. The minimum Gasteiger partial charge on any atom is -0.324 e. The number of nitrogens with zero attached hydrogens (tertiary/aromatic N) is 2. The molecule has 4 rings (SSSR count). The van der Waals surface area contributed by atoms with E-state index in [4.69, 9.17) is 52.1 Å². The molecule has 0 radical (unpaired) electrons. The summed E-state index contributed by atoms with van der Waals surface area (Å²) in [6.45, 7) is 3.72. The molecule has 40 heavy (non-hydrogen) atoms. The van der Waals surface area contributed by atoms with Crippen molar-refractivity contribution >= 4 is 120 Å². The van der Waals surface area contributed by atoms with Gasteiger partial charge in [-0.2, -0.15) is 0 Å². The smallest absolute Gasteiger partial charge is 0.294 e. The molecule has 4 aromatic rings. The van der Waals surface area contributed by atoms with Gasteiger partial charge < -0.3 is 5.73 Å². The fraction of sp³-hybridized carbons (Fsp3) is 0.167. The molecule has 0 spiro atoms. The number of nitro groups is 2. The summed E-state index contributed by atoms with van der Waals surface area (Å²) in [7, 11) is 0. The van der Waals surface area contributed by atoms with Crippen LogP contribution in [0.3, 0.4) is 0 Å². The number of benzene rings is 2. The third-order valence-corrected chi connectivity index (χ3v) is 12.1. The maximum Gasteiger partial charge on any atom is 0.294 e. The van der Waals surface area contributed by atoms with Gasteiger partial charge in [-0.15, -0.1) is 22.7 Å². The lowest BCUT2D eigenvalue weighted by atomic mass is 10.3. The molecule has 0 amide bonds. The average Bonchev–Trinajstić information content (AvgIpc) is 3.48. The second-order valence-corrected chi connectivity index (χ2v) is 15.8. The van der Waals surface area contributed by atoms with Gasteiger partial charge in [0.25, 0.3) is 11.4 Å². The van der Waals surface area contributed by atoms with Crippen LogP contribution < -0.4 is 5.73 Å². The fourth-order valence-corrected chi connectivity index (χ4v) is 8.87. The maximum absolute atomic E-state index is 11.1. The van der Waals surface area contributed by atoms with Gasteiger partial charge in [0.05, 0.1) is 19.9 Å². The largest absolute Gasteiger partial charge is 0.324 e. The van der Waals surface area contributed by atoms with Gasteiger partial charge in [-0.25, -0.2) is 0 Å². The van der Waals surface area contributed by atoms with Gasteiger partial charge in [0.2, 0.25) is 0 Å². The highest BCUT2D eigenvalue weighted by Crippen LogP contribution is 2.47. The first-order valence-electron chi connectivity index (χ1n) is 11.0. The van der Waals surface area contributed by atoms with Crippen molar-refractivity contribution in [2.75, 3.05) is 0 Å². The van der Waals surface area contributed by atoms with Crippen LogP contribution in [0, 0.1) is 20.2 Å². The monoisotopic (exact) mass is 759 g/mol. The Morgan fingerprint density at radius 2 is 1.18 bits per heavy atom. The van der Waals surface area contributed by atoms with Crippen LogP contribution >= 0.6 is 109 Å². The van der Waals surface area contributed by atoms with Crippen LogP contribution in [0.25, 0.3) is 0 Å². The number of hydrogen-bond donors (Lipinski definition) is 1. The third kappa shape index (κ3) is 8.97. The molecule has 2 N–H and O–H groups in total. The summed E-state index contributed by atoms with van der Waals surface area (Å²) in [6.07, 6.45) is 0. The number of nitrogens with two attached hydrogens (primary N) is 1. The molecule has 212 valence electrons. The number of alkyl halides is 1. The van der Waals surface area contributed by atoms with Crippen molar-refractivity contribution in [1.29, 1.82) is 0 Å². The Morgan fingerprint density at radius 1 is 0.775 bits per heavy atom. The maximum atomic E-state index is 11.1. The van der Waals surface area contributed by atoms with Gasteiger partial charge in [0, 0.05) is 52.6 Å². The van der Waals surface area contributed by atoms with Crippen LogP contribution in [0.4, 0.5) is 11.4 Å². The predicted octanol–water partition coefficient (Wildman–Crippen LogP) is 11.7. The highest BCUT2D eigenvalue weighted by molar-refractivity contribution is 9.09. The second kappa shape index (κ2) is 14.9. The summed E-state index contributed by atoms with van der Waals surface area (Å²) in [5, 5.41) is 24.2. The lowest BCUT2D eigenvalue weighted by molar-refractivity contribution is -0.387. The molecule has 16 heteroatoms. The van der Waals surface area contributed by atoms with Gasteiger partial charge in [0.15, 0.2) is 0 Å². The van der Waals surface area contributed by atoms with E-state index in [0.29, 0.717) is 28.5 Å². The van der Waals surface area contributed by atoms with Crippen molar-refractivity contribution in [1.82, 2.24) is 0 Å². The molecule has 2 atom stereocenters. The molecule has 0 fully saturated rings. The van der Waals surface area contributed by atoms with Crippen LogP contribution in [-0.2, 0) is 0 Å². The number of hydrogen-bond acceptors (Lipinski definition) is 9. The molecule has 0 aliphatic carbocycles. The van der Waals surface area contributed by atoms with E-state index in [9.17, 15) is 20.2 Å². The van der Waals surface area contributed by atoms with Crippen molar-refractivity contribution < 1.29 is 9.85 Å². The van der Waals surface area contributed by atoms with Crippen molar-refractivity contribution in [3.05, 3.63) is 98.6 Å². The minimum absolute atomic E-state index is 0.0540. The molecular weight excluding hydrogens is 744 g/mol. The van der Waals surface area contributed by atoms with E-state index < -0.39 is 4.92 Å². The van der Waals surface area contributed by atoms with Crippen molar-refractivity contribution in [2.45, 2.75) is 42.9 Å².